The first-order valence-electron chi connectivity index (χ1n) is 11.2. The maximum atomic E-state index is 6.28. The van der Waals surface area contributed by atoms with Crippen molar-refractivity contribution in [3.63, 3.8) is 0 Å². The summed E-state index contributed by atoms with van der Waals surface area (Å²) in [4.78, 5) is 11.7. The Balaban J connectivity index is 1.33. The molecule has 1 atom stereocenters. The molecule has 4 heterocycles. The van der Waals surface area contributed by atoms with E-state index in [0.29, 0.717) is 18.2 Å². The number of hydrogen-bond donors (Lipinski definition) is 0. The normalized spacial score (nSPS) is 16.6. The largest absolute Gasteiger partial charge is 0.485 e. The zero-order valence-electron chi connectivity index (χ0n) is 18.0. The summed E-state index contributed by atoms with van der Waals surface area (Å²) in [5.74, 6) is 2.15. The summed E-state index contributed by atoms with van der Waals surface area (Å²) >= 11 is 3.32. The van der Waals surface area contributed by atoms with Crippen LogP contribution in [0.15, 0.2) is 71.1 Å². The highest BCUT2D eigenvalue weighted by atomic mass is 32.2. The van der Waals surface area contributed by atoms with Gasteiger partial charge in [0.15, 0.2) is 23.4 Å². The Morgan fingerprint density at radius 1 is 0.941 bits per heavy atom. The molecule has 34 heavy (non-hydrogen) atoms. The van der Waals surface area contributed by atoms with Gasteiger partial charge in [-0.15, -0.1) is 21.5 Å². The third-order valence-corrected chi connectivity index (χ3v) is 8.27. The molecule has 0 saturated heterocycles. The summed E-state index contributed by atoms with van der Waals surface area (Å²) in [5.41, 5.74) is 2.36. The van der Waals surface area contributed by atoms with E-state index in [9.17, 15) is 0 Å². The molecule has 2 aliphatic rings. The minimum absolute atomic E-state index is 0.364. The van der Waals surface area contributed by atoms with Gasteiger partial charge in [-0.2, -0.15) is 0 Å². The van der Waals surface area contributed by atoms with Crippen molar-refractivity contribution in [2.45, 2.75) is 35.5 Å². The van der Waals surface area contributed by atoms with E-state index in [2.05, 4.69) is 20.2 Å². The maximum absolute atomic E-state index is 6.28. The molecule has 1 aliphatic carbocycles. The fourth-order valence-corrected chi connectivity index (χ4v) is 6.85. The van der Waals surface area contributed by atoms with Crippen LogP contribution in [-0.2, 0) is 12.8 Å². The lowest BCUT2D eigenvalue weighted by atomic mass is 10.2. The number of benzene rings is 2. The van der Waals surface area contributed by atoms with Crippen LogP contribution in [0.1, 0.15) is 28.8 Å². The smallest absolute Gasteiger partial charge is 0.202 e. The van der Waals surface area contributed by atoms with Gasteiger partial charge in [-0.25, -0.2) is 9.97 Å². The second-order valence-electron chi connectivity index (χ2n) is 8.19. The lowest BCUT2D eigenvalue weighted by Gasteiger charge is -2.26. The molecular formula is C25H19N5O2S2. The van der Waals surface area contributed by atoms with Gasteiger partial charge in [0, 0.05) is 16.0 Å². The lowest BCUT2D eigenvalue weighted by Crippen LogP contribution is -2.24. The van der Waals surface area contributed by atoms with Crippen molar-refractivity contribution < 1.29 is 9.47 Å². The zero-order valence-corrected chi connectivity index (χ0v) is 19.7. The van der Waals surface area contributed by atoms with E-state index in [4.69, 9.17) is 9.47 Å². The number of aryl methyl sites for hydroxylation is 2. The Morgan fingerprint density at radius 2 is 1.79 bits per heavy atom. The van der Waals surface area contributed by atoms with Crippen molar-refractivity contribution in [1.29, 1.82) is 0 Å². The Hall–Kier alpha value is -3.43. The van der Waals surface area contributed by atoms with Gasteiger partial charge in [-0.05, 0) is 60.9 Å². The first kappa shape index (κ1) is 20.0. The highest BCUT2D eigenvalue weighted by Gasteiger charge is 2.30. The van der Waals surface area contributed by atoms with Crippen LogP contribution in [0.3, 0.4) is 0 Å². The van der Waals surface area contributed by atoms with Crippen LogP contribution in [0.25, 0.3) is 15.9 Å². The topological polar surface area (TPSA) is 75.0 Å². The Labute approximate surface area is 203 Å². The maximum Gasteiger partial charge on any atom is 0.202 e. The molecule has 0 N–H and O–H groups in total. The number of thiophene rings is 1. The van der Waals surface area contributed by atoms with Crippen LogP contribution in [0.2, 0.25) is 0 Å². The van der Waals surface area contributed by atoms with E-state index < -0.39 is 0 Å². The highest BCUT2D eigenvalue weighted by Crippen LogP contribution is 2.42. The van der Waals surface area contributed by atoms with Gasteiger partial charge in [-0.1, -0.05) is 30.3 Å². The fraction of sp³-hybridized carbons (Fsp3) is 0.200. The van der Waals surface area contributed by atoms with Crippen LogP contribution in [0, 0.1) is 0 Å². The number of hydrogen-bond acceptors (Lipinski definition) is 8. The van der Waals surface area contributed by atoms with Gasteiger partial charge in [0.05, 0.1) is 0 Å². The van der Waals surface area contributed by atoms with Gasteiger partial charge in [0.1, 0.15) is 22.8 Å². The monoisotopic (exact) mass is 485 g/mol. The second kappa shape index (κ2) is 8.11. The zero-order chi connectivity index (χ0) is 22.5. The first-order valence-corrected chi connectivity index (χ1v) is 12.8. The molecule has 0 amide bonds. The van der Waals surface area contributed by atoms with Gasteiger partial charge < -0.3 is 9.47 Å². The molecule has 0 fully saturated rings. The third kappa shape index (κ3) is 3.26. The third-order valence-electron chi connectivity index (χ3n) is 6.12. The molecule has 1 aliphatic heterocycles. The van der Waals surface area contributed by atoms with Crippen molar-refractivity contribution in [1.82, 2.24) is 24.7 Å². The number of nitrogens with zero attached hydrogens (tertiary/aromatic N) is 5. The van der Waals surface area contributed by atoms with E-state index in [0.717, 1.165) is 39.3 Å². The summed E-state index contributed by atoms with van der Waals surface area (Å²) in [6.07, 6.45) is 4.68. The van der Waals surface area contributed by atoms with Crippen molar-refractivity contribution in [2.75, 3.05) is 6.61 Å². The summed E-state index contributed by atoms with van der Waals surface area (Å²) in [7, 11) is 0. The summed E-state index contributed by atoms with van der Waals surface area (Å²) < 4.78 is 14.3. The van der Waals surface area contributed by atoms with Crippen LogP contribution >= 0.6 is 23.1 Å². The summed E-state index contributed by atoms with van der Waals surface area (Å²) in [5, 5.41) is 12.0. The van der Waals surface area contributed by atoms with Crippen molar-refractivity contribution in [3.05, 3.63) is 77.2 Å². The highest BCUT2D eigenvalue weighted by molar-refractivity contribution is 7.99. The van der Waals surface area contributed by atoms with E-state index in [1.807, 2.05) is 59.2 Å². The van der Waals surface area contributed by atoms with Crippen LogP contribution in [0.4, 0.5) is 0 Å². The average molecular weight is 486 g/mol. The molecule has 3 aromatic heterocycles. The van der Waals surface area contributed by atoms with Gasteiger partial charge >= 0.3 is 0 Å². The van der Waals surface area contributed by atoms with Crippen LogP contribution in [-0.4, -0.2) is 31.3 Å². The van der Waals surface area contributed by atoms with Crippen LogP contribution in [0.5, 0.6) is 11.5 Å². The van der Waals surface area contributed by atoms with E-state index in [1.54, 1.807) is 17.7 Å². The van der Waals surface area contributed by atoms with Gasteiger partial charge in [-0.3, -0.25) is 4.57 Å². The number of fused-ring (bicyclic) bond motifs is 4. The number of aromatic nitrogens is 5. The Morgan fingerprint density at radius 3 is 2.71 bits per heavy atom. The molecule has 168 valence electrons. The van der Waals surface area contributed by atoms with Crippen molar-refractivity contribution in [2.24, 2.45) is 0 Å². The minimum atomic E-state index is -0.382. The average Bonchev–Trinajstić information content (AvgIpc) is 3.59. The predicted octanol–water partition coefficient (Wildman–Crippen LogP) is 5.42. The molecule has 7 nitrogen and oxygen atoms in total. The molecule has 0 saturated carbocycles. The second-order valence-corrected chi connectivity index (χ2v) is 10.2. The van der Waals surface area contributed by atoms with Crippen LogP contribution < -0.4 is 9.47 Å². The molecule has 0 radical (unpaired) electrons. The molecule has 0 bridgehead atoms. The predicted molar refractivity (Wildman–Crippen MR) is 130 cm³/mol. The van der Waals surface area contributed by atoms with Gasteiger partial charge in [0.25, 0.3) is 0 Å². The lowest BCUT2D eigenvalue weighted by molar-refractivity contribution is 0.0835. The standard InChI is InChI=1S/C25H19N5O2S2/c1-2-7-15(8-3-1)30-22(19-13-31-17-10-4-5-11-18(17)32-19)28-29-25(30)34-24-21-16-9-6-12-20(16)33-23(21)26-14-27-24/h1-5,7-8,10-11,14,19H,6,9,12-13H2. The van der Waals surface area contributed by atoms with E-state index in [-0.39, 0.29) is 6.10 Å². The summed E-state index contributed by atoms with van der Waals surface area (Å²) in [6.45, 7) is 0.364. The molecule has 7 rings (SSSR count). The molecule has 0 spiro atoms. The van der Waals surface area contributed by atoms with Crippen molar-refractivity contribution in [3.8, 4) is 17.2 Å². The fourth-order valence-electron chi connectivity index (χ4n) is 4.59. The van der Waals surface area contributed by atoms with E-state index in [1.165, 1.54) is 34.0 Å². The SMILES string of the molecule is c1ccc(-n2c(Sc3ncnc4sc5c(c34)CCC5)nnc2C2COc3ccccc3O2)cc1. The first-order chi connectivity index (χ1) is 16.8. The molecule has 2 aromatic carbocycles. The molecule has 1 unspecified atom stereocenters. The Kier molecular flexibility index (Phi) is 4.76. The Bertz CT molecular complexity index is 1510. The summed E-state index contributed by atoms with van der Waals surface area (Å²) in [6, 6.07) is 17.8. The molecule has 9 heteroatoms. The molecular weight excluding hydrogens is 466 g/mol. The van der Waals surface area contributed by atoms with Gasteiger partial charge in [0.2, 0.25) is 5.16 Å². The number of rotatable bonds is 4. The molecule has 5 aromatic rings. The number of ether oxygens (including phenoxy) is 2. The minimum Gasteiger partial charge on any atom is -0.485 e. The van der Waals surface area contributed by atoms with Crippen molar-refractivity contribution >= 4 is 33.3 Å². The van der Waals surface area contributed by atoms with E-state index >= 15 is 0 Å². The quantitative estimate of drug-likeness (QED) is 0.315. The number of para-hydroxylation sites is 3.